The monoisotopic (exact) mass is 432 g/mol. The molecule has 2 aromatic heterocycles. The summed E-state index contributed by atoms with van der Waals surface area (Å²) in [6.45, 7) is 0. The molecule has 0 saturated carbocycles. The van der Waals surface area contributed by atoms with E-state index in [2.05, 4.69) is 108 Å². The lowest BCUT2D eigenvalue weighted by atomic mass is 9.90. The SMILES string of the molecule is c1cncc(-c2ccc(-c3nc4ccccc4c4c5ccccc5c5ccccc5c34)cc2)c1. The number of aromatic nitrogens is 2. The van der Waals surface area contributed by atoms with Gasteiger partial charge in [0.2, 0.25) is 0 Å². The molecule has 0 bridgehead atoms. The number of pyridine rings is 2. The van der Waals surface area contributed by atoms with Gasteiger partial charge in [-0.25, -0.2) is 4.98 Å². The number of hydrogen-bond acceptors (Lipinski definition) is 2. The second-order valence-electron chi connectivity index (χ2n) is 8.64. The van der Waals surface area contributed by atoms with Crippen molar-refractivity contribution in [3.05, 3.63) is 122 Å². The van der Waals surface area contributed by atoms with Crippen LogP contribution in [0.15, 0.2) is 122 Å². The molecule has 2 nitrogen and oxygen atoms in total. The average molecular weight is 433 g/mol. The van der Waals surface area contributed by atoms with Gasteiger partial charge in [-0.3, -0.25) is 4.98 Å². The summed E-state index contributed by atoms with van der Waals surface area (Å²) in [5.74, 6) is 0. The number of benzene rings is 5. The summed E-state index contributed by atoms with van der Waals surface area (Å²) in [4.78, 5) is 9.49. The molecule has 0 aliphatic carbocycles. The summed E-state index contributed by atoms with van der Waals surface area (Å²) in [6.07, 6.45) is 3.71. The Labute approximate surface area is 197 Å². The fourth-order valence-electron chi connectivity index (χ4n) is 5.19. The number of nitrogens with zero attached hydrogens (tertiary/aromatic N) is 2. The quantitative estimate of drug-likeness (QED) is 0.256. The minimum Gasteiger partial charge on any atom is -0.264 e. The normalized spacial score (nSPS) is 11.5. The van der Waals surface area contributed by atoms with E-state index in [4.69, 9.17) is 4.98 Å². The minimum absolute atomic E-state index is 1.02. The molecule has 7 rings (SSSR count). The van der Waals surface area contributed by atoms with Crippen LogP contribution in [0.25, 0.3) is 65.6 Å². The molecule has 2 heterocycles. The Morgan fingerprint density at radius 2 is 1.00 bits per heavy atom. The van der Waals surface area contributed by atoms with Gasteiger partial charge in [-0.2, -0.15) is 0 Å². The Morgan fingerprint density at radius 1 is 0.412 bits per heavy atom. The third kappa shape index (κ3) is 2.82. The van der Waals surface area contributed by atoms with Crippen LogP contribution in [0.5, 0.6) is 0 Å². The average Bonchev–Trinajstić information content (AvgIpc) is 2.93. The van der Waals surface area contributed by atoms with Crippen molar-refractivity contribution in [2.45, 2.75) is 0 Å². The molecule has 0 atom stereocenters. The lowest BCUT2D eigenvalue weighted by Crippen LogP contribution is -1.93. The Bertz CT molecular complexity index is 1840. The second kappa shape index (κ2) is 7.50. The first-order valence-electron chi connectivity index (χ1n) is 11.5. The van der Waals surface area contributed by atoms with E-state index in [0.29, 0.717) is 0 Å². The lowest BCUT2D eigenvalue weighted by molar-refractivity contribution is 1.33. The van der Waals surface area contributed by atoms with Crippen LogP contribution < -0.4 is 0 Å². The molecular formula is C32H20N2. The highest BCUT2D eigenvalue weighted by molar-refractivity contribution is 6.33. The van der Waals surface area contributed by atoms with E-state index in [-0.39, 0.29) is 0 Å². The van der Waals surface area contributed by atoms with Crippen molar-refractivity contribution in [1.82, 2.24) is 9.97 Å². The molecule has 2 heteroatoms. The zero-order chi connectivity index (χ0) is 22.5. The van der Waals surface area contributed by atoms with Crippen LogP contribution in [0.2, 0.25) is 0 Å². The predicted molar refractivity (Wildman–Crippen MR) is 143 cm³/mol. The third-order valence-corrected chi connectivity index (χ3v) is 6.73. The molecule has 0 fully saturated rings. The number of para-hydroxylation sites is 1. The number of hydrogen-bond donors (Lipinski definition) is 0. The van der Waals surface area contributed by atoms with Gasteiger partial charge < -0.3 is 0 Å². The van der Waals surface area contributed by atoms with Crippen LogP contribution in [0, 0.1) is 0 Å². The first-order chi connectivity index (χ1) is 16.9. The van der Waals surface area contributed by atoms with Gasteiger partial charge in [0.05, 0.1) is 11.2 Å². The van der Waals surface area contributed by atoms with E-state index >= 15 is 0 Å². The van der Waals surface area contributed by atoms with Crippen LogP contribution in [-0.4, -0.2) is 9.97 Å². The van der Waals surface area contributed by atoms with Gasteiger partial charge in [-0.15, -0.1) is 0 Å². The maximum absolute atomic E-state index is 5.22. The number of fused-ring (bicyclic) bond motifs is 8. The Kier molecular flexibility index (Phi) is 4.18. The molecule has 158 valence electrons. The zero-order valence-electron chi connectivity index (χ0n) is 18.4. The van der Waals surface area contributed by atoms with Crippen LogP contribution >= 0.6 is 0 Å². The summed E-state index contributed by atoms with van der Waals surface area (Å²) < 4.78 is 0. The molecule has 0 aliphatic heterocycles. The highest BCUT2D eigenvalue weighted by Crippen LogP contribution is 2.42. The standard InChI is InChI=1S/C32H20N2/c1-3-11-26-24(9-1)25-10-2-4-12-27(25)31-30(26)28-13-5-6-14-29(28)34-32(31)22-17-15-21(16-18-22)23-8-7-19-33-20-23/h1-20H. The van der Waals surface area contributed by atoms with E-state index in [1.165, 1.54) is 37.7 Å². The largest absolute Gasteiger partial charge is 0.264 e. The molecule has 0 saturated heterocycles. The van der Waals surface area contributed by atoms with Crippen molar-refractivity contribution < 1.29 is 0 Å². The summed E-state index contributed by atoms with van der Waals surface area (Å²) in [6, 6.07) is 38.7. The molecule has 0 unspecified atom stereocenters. The topological polar surface area (TPSA) is 25.8 Å². The fraction of sp³-hybridized carbons (Fsp3) is 0. The van der Waals surface area contributed by atoms with Gasteiger partial charge in [0, 0.05) is 34.1 Å². The Hall–Kier alpha value is -4.56. The molecule has 0 spiro atoms. The Balaban J connectivity index is 1.63. The first kappa shape index (κ1) is 19.0. The van der Waals surface area contributed by atoms with Crippen LogP contribution in [0.1, 0.15) is 0 Å². The number of rotatable bonds is 2. The molecule has 7 aromatic rings. The smallest absolute Gasteiger partial charge is 0.0794 e. The van der Waals surface area contributed by atoms with E-state index < -0.39 is 0 Å². The van der Waals surface area contributed by atoms with Crippen molar-refractivity contribution in [2.75, 3.05) is 0 Å². The van der Waals surface area contributed by atoms with Crippen molar-refractivity contribution in [2.24, 2.45) is 0 Å². The molecule has 0 amide bonds. The van der Waals surface area contributed by atoms with Crippen molar-refractivity contribution in [1.29, 1.82) is 0 Å². The van der Waals surface area contributed by atoms with E-state index in [0.717, 1.165) is 27.9 Å². The maximum atomic E-state index is 5.22. The third-order valence-electron chi connectivity index (χ3n) is 6.73. The van der Waals surface area contributed by atoms with Crippen molar-refractivity contribution in [3.8, 4) is 22.4 Å². The van der Waals surface area contributed by atoms with Gasteiger partial charge >= 0.3 is 0 Å². The predicted octanol–water partition coefficient (Wildman–Crippen LogP) is 8.42. The summed E-state index contributed by atoms with van der Waals surface area (Å²) in [5, 5.41) is 8.71. The highest BCUT2D eigenvalue weighted by atomic mass is 14.7. The van der Waals surface area contributed by atoms with Crippen LogP contribution in [-0.2, 0) is 0 Å². The first-order valence-corrected chi connectivity index (χ1v) is 11.5. The molecular weight excluding hydrogens is 412 g/mol. The highest BCUT2D eigenvalue weighted by Gasteiger charge is 2.17. The summed E-state index contributed by atoms with van der Waals surface area (Å²) in [7, 11) is 0. The van der Waals surface area contributed by atoms with Gasteiger partial charge in [-0.1, -0.05) is 97.1 Å². The molecule has 34 heavy (non-hydrogen) atoms. The lowest BCUT2D eigenvalue weighted by Gasteiger charge is -2.16. The fourth-order valence-corrected chi connectivity index (χ4v) is 5.19. The van der Waals surface area contributed by atoms with E-state index in [9.17, 15) is 0 Å². The Morgan fingerprint density at radius 3 is 1.68 bits per heavy atom. The molecule has 0 N–H and O–H groups in total. The van der Waals surface area contributed by atoms with Crippen LogP contribution in [0.4, 0.5) is 0 Å². The van der Waals surface area contributed by atoms with Gasteiger partial charge in [0.1, 0.15) is 0 Å². The molecule has 0 radical (unpaired) electrons. The molecule has 5 aromatic carbocycles. The summed E-state index contributed by atoms with van der Waals surface area (Å²) in [5.41, 5.74) is 5.41. The van der Waals surface area contributed by atoms with E-state index in [1.54, 1.807) is 6.20 Å². The summed E-state index contributed by atoms with van der Waals surface area (Å²) >= 11 is 0. The minimum atomic E-state index is 1.02. The second-order valence-corrected chi connectivity index (χ2v) is 8.64. The molecule has 0 aliphatic rings. The zero-order valence-corrected chi connectivity index (χ0v) is 18.4. The van der Waals surface area contributed by atoms with Crippen molar-refractivity contribution in [3.63, 3.8) is 0 Å². The van der Waals surface area contributed by atoms with Gasteiger partial charge in [0.15, 0.2) is 0 Å². The van der Waals surface area contributed by atoms with Crippen LogP contribution in [0.3, 0.4) is 0 Å². The maximum Gasteiger partial charge on any atom is 0.0794 e. The van der Waals surface area contributed by atoms with Gasteiger partial charge in [-0.05, 0) is 44.8 Å². The van der Waals surface area contributed by atoms with Gasteiger partial charge in [0.25, 0.3) is 0 Å². The van der Waals surface area contributed by atoms with E-state index in [1.807, 2.05) is 12.3 Å². The van der Waals surface area contributed by atoms with Crippen molar-refractivity contribution >= 4 is 43.2 Å².